The third kappa shape index (κ3) is 2.65. The molecule has 0 radical (unpaired) electrons. The summed E-state index contributed by atoms with van der Waals surface area (Å²) in [6.45, 7) is 4.54. The molecule has 3 rings (SSSR count). The van der Waals surface area contributed by atoms with E-state index in [1.54, 1.807) is 0 Å². The van der Waals surface area contributed by atoms with Gasteiger partial charge in [0.25, 0.3) is 0 Å². The van der Waals surface area contributed by atoms with Gasteiger partial charge in [-0.25, -0.2) is 4.98 Å². The number of aryl methyl sites for hydroxylation is 1. The van der Waals surface area contributed by atoms with Gasteiger partial charge in [-0.05, 0) is 37.1 Å². The molecule has 21 heavy (non-hydrogen) atoms. The Morgan fingerprint density at radius 2 is 1.71 bits per heavy atom. The second-order valence-electron chi connectivity index (χ2n) is 4.92. The fourth-order valence-electron chi connectivity index (χ4n) is 2.29. The van der Waals surface area contributed by atoms with Crippen molar-refractivity contribution in [2.45, 2.75) is 13.8 Å². The quantitative estimate of drug-likeness (QED) is 0.796. The van der Waals surface area contributed by atoms with Crippen LogP contribution >= 0.6 is 0 Å². The Labute approximate surface area is 123 Å². The molecule has 106 valence electrons. The summed E-state index contributed by atoms with van der Waals surface area (Å²) in [6.07, 6.45) is 0. The molecule has 0 atom stereocenters. The van der Waals surface area contributed by atoms with Crippen molar-refractivity contribution in [3.8, 4) is 17.0 Å². The standard InChI is InChI=1S/C17H17N3O/c1-3-21-16-14-10-13(12-6-4-11(2)5-7-12)8-9-15(14)19-17(18)20-16/h4-10H,3H2,1-2H3,(H2,18,19,20). The Morgan fingerprint density at radius 3 is 2.43 bits per heavy atom. The van der Waals surface area contributed by atoms with E-state index in [0.717, 1.165) is 22.0 Å². The van der Waals surface area contributed by atoms with Crippen LogP contribution in [-0.4, -0.2) is 16.6 Å². The van der Waals surface area contributed by atoms with Crippen LogP contribution in [0.3, 0.4) is 0 Å². The average Bonchev–Trinajstić information content (AvgIpc) is 2.48. The van der Waals surface area contributed by atoms with E-state index in [1.165, 1.54) is 5.56 Å². The molecule has 0 aliphatic rings. The number of nitrogens with two attached hydrogens (primary N) is 1. The molecule has 1 heterocycles. The molecule has 0 spiro atoms. The van der Waals surface area contributed by atoms with Crippen LogP contribution in [0.25, 0.3) is 22.0 Å². The molecule has 2 N–H and O–H groups in total. The van der Waals surface area contributed by atoms with E-state index in [2.05, 4.69) is 41.2 Å². The highest BCUT2D eigenvalue weighted by Crippen LogP contribution is 2.29. The van der Waals surface area contributed by atoms with Crippen LogP contribution in [0.2, 0.25) is 0 Å². The average molecular weight is 279 g/mol. The molecule has 1 aromatic heterocycles. The minimum atomic E-state index is 0.231. The van der Waals surface area contributed by atoms with Gasteiger partial charge in [0.05, 0.1) is 17.5 Å². The maximum Gasteiger partial charge on any atom is 0.226 e. The zero-order valence-electron chi connectivity index (χ0n) is 12.1. The summed E-state index contributed by atoms with van der Waals surface area (Å²) < 4.78 is 5.58. The highest BCUT2D eigenvalue weighted by Gasteiger charge is 2.09. The second kappa shape index (κ2) is 5.40. The Balaban J connectivity index is 2.16. The lowest BCUT2D eigenvalue weighted by molar-refractivity contribution is 0.331. The van der Waals surface area contributed by atoms with E-state index in [9.17, 15) is 0 Å². The molecule has 3 aromatic rings. The smallest absolute Gasteiger partial charge is 0.226 e. The van der Waals surface area contributed by atoms with Crippen molar-refractivity contribution >= 4 is 16.9 Å². The Bertz CT molecular complexity index is 782. The molecular weight excluding hydrogens is 262 g/mol. The van der Waals surface area contributed by atoms with Crippen LogP contribution in [-0.2, 0) is 0 Å². The Hall–Kier alpha value is -2.62. The molecule has 0 aliphatic carbocycles. The molecule has 2 aromatic carbocycles. The van der Waals surface area contributed by atoms with Crippen LogP contribution in [0.1, 0.15) is 12.5 Å². The molecule has 0 unspecified atom stereocenters. The van der Waals surface area contributed by atoms with Gasteiger partial charge in [0.2, 0.25) is 11.8 Å². The number of hydrogen-bond acceptors (Lipinski definition) is 4. The Kier molecular flexibility index (Phi) is 3.44. The van der Waals surface area contributed by atoms with E-state index < -0.39 is 0 Å². The van der Waals surface area contributed by atoms with Gasteiger partial charge in [-0.3, -0.25) is 0 Å². The van der Waals surface area contributed by atoms with Gasteiger partial charge in [0, 0.05) is 0 Å². The summed E-state index contributed by atoms with van der Waals surface area (Å²) >= 11 is 0. The predicted molar refractivity (Wildman–Crippen MR) is 85.3 cm³/mol. The van der Waals surface area contributed by atoms with E-state index in [1.807, 2.05) is 25.1 Å². The third-order valence-corrected chi connectivity index (χ3v) is 3.34. The van der Waals surface area contributed by atoms with Crippen molar-refractivity contribution in [3.63, 3.8) is 0 Å². The lowest BCUT2D eigenvalue weighted by atomic mass is 10.0. The molecule has 4 nitrogen and oxygen atoms in total. The number of benzene rings is 2. The zero-order valence-corrected chi connectivity index (χ0v) is 12.1. The fourth-order valence-corrected chi connectivity index (χ4v) is 2.29. The molecule has 0 aliphatic heterocycles. The Morgan fingerprint density at radius 1 is 1.00 bits per heavy atom. The SMILES string of the molecule is CCOc1nc(N)nc2ccc(-c3ccc(C)cc3)cc12. The number of fused-ring (bicyclic) bond motifs is 1. The van der Waals surface area contributed by atoms with Crippen LogP contribution in [0, 0.1) is 6.92 Å². The van der Waals surface area contributed by atoms with Crippen LogP contribution in [0.4, 0.5) is 5.95 Å². The van der Waals surface area contributed by atoms with Crippen molar-refractivity contribution in [2.24, 2.45) is 0 Å². The largest absolute Gasteiger partial charge is 0.477 e. The first kappa shape index (κ1) is 13.4. The van der Waals surface area contributed by atoms with Crippen LogP contribution < -0.4 is 10.5 Å². The van der Waals surface area contributed by atoms with Gasteiger partial charge in [0.15, 0.2) is 0 Å². The number of nitrogen functional groups attached to an aromatic ring is 1. The van der Waals surface area contributed by atoms with Crippen molar-refractivity contribution in [1.29, 1.82) is 0 Å². The van der Waals surface area contributed by atoms with Crippen molar-refractivity contribution < 1.29 is 4.74 Å². The first-order valence-corrected chi connectivity index (χ1v) is 6.94. The first-order valence-electron chi connectivity index (χ1n) is 6.94. The summed E-state index contributed by atoms with van der Waals surface area (Å²) in [5, 5.41) is 0.879. The lowest BCUT2D eigenvalue weighted by Crippen LogP contribution is -2.01. The molecule has 4 heteroatoms. The summed E-state index contributed by atoms with van der Waals surface area (Å²) in [7, 11) is 0. The lowest BCUT2D eigenvalue weighted by Gasteiger charge is -2.09. The second-order valence-corrected chi connectivity index (χ2v) is 4.92. The summed E-state index contributed by atoms with van der Waals surface area (Å²) in [5.41, 5.74) is 10.0. The summed E-state index contributed by atoms with van der Waals surface area (Å²) in [6, 6.07) is 14.4. The normalized spacial score (nSPS) is 10.8. The summed E-state index contributed by atoms with van der Waals surface area (Å²) in [4.78, 5) is 8.44. The molecule has 0 bridgehead atoms. The van der Waals surface area contributed by atoms with Crippen molar-refractivity contribution in [1.82, 2.24) is 9.97 Å². The van der Waals surface area contributed by atoms with Gasteiger partial charge in [-0.15, -0.1) is 0 Å². The van der Waals surface area contributed by atoms with Gasteiger partial charge >= 0.3 is 0 Å². The highest BCUT2D eigenvalue weighted by atomic mass is 16.5. The van der Waals surface area contributed by atoms with Gasteiger partial charge < -0.3 is 10.5 Å². The maximum atomic E-state index is 5.72. The van der Waals surface area contributed by atoms with Gasteiger partial charge in [0.1, 0.15) is 0 Å². The van der Waals surface area contributed by atoms with E-state index in [0.29, 0.717) is 12.5 Å². The molecule has 0 fully saturated rings. The number of ether oxygens (including phenoxy) is 1. The minimum Gasteiger partial charge on any atom is -0.477 e. The minimum absolute atomic E-state index is 0.231. The predicted octanol–water partition coefficient (Wildman–Crippen LogP) is 3.59. The zero-order chi connectivity index (χ0) is 14.8. The van der Waals surface area contributed by atoms with E-state index >= 15 is 0 Å². The number of anilines is 1. The van der Waals surface area contributed by atoms with Gasteiger partial charge in [-0.2, -0.15) is 4.98 Å². The van der Waals surface area contributed by atoms with E-state index in [-0.39, 0.29) is 5.95 Å². The number of rotatable bonds is 3. The number of hydrogen-bond donors (Lipinski definition) is 1. The van der Waals surface area contributed by atoms with Crippen molar-refractivity contribution in [3.05, 3.63) is 48.0 Å². The molecule has 0 saturated carbocycles. The fraction of sp³-hybridized carbons (Fsp3) is 0.176. The third-order valence-electron chi connectivity index (χ3n) is 3.34. The molecule has 0 saturated heterocycles. The topological polar surface area (TPSA) is 61.0 Å². The first-order chi connectivity index (χ1) is 10.2. The molecular formula is C17H17N3O. The number of nitrogens with zero attached hydrogens (tertiary/aromatic N) is 2. The van der Waals surface area contributed by atoms with E-state index in [4.69, 9.17) is 10.5 Å². The highest BCUT2D eigenvalue weighted by molar-refractivity contribution is 5.89. The number of aromatic nitrogens is 2. The van der Waals surface area contributed by atoms with Crippen LogP contribution in [0.5, 0.6) is 5.88 Å². The van der Waals surface area contributed by atoms with Crippen LogP contribution in [0.15, 0.2) is 42.5 Å². The van der Waals surface area contributed by atoms with Gasteiger partial charge in [-0.1, -0.05) is 35.9 Å². The molecule has 0 amide bonds. The monoisotopic (exact) mass is 279 g/mol. The van der Waals surface area contributed by atoms with Crippen molar-refractivity contribution in [2.75, 3.05) is 12.3 Å². The maximum absolute atomic E-state index is 5.72. The summed E-state index contributed by atoms with van der Waals surface area (Å²) in [5.74, 6) is 0.767.